The molecular formula is C14H16N2O3. The second-order valence-electron chi connectivity index (χ2n) is 5.06. The lowest BCUT2D eigenvalue weighted by Crippen LogP contribution is -2.17. The van der Waals surface area contributed by atoms with Gasteiger partial charge in [0.2, 0.25) is 0 Å². The van der Waals surface area contributed by atoms with Crippen LogP contribution in [0.1, 0.15) is 47.7 Å². The zero-order valence-corrected chi connectivity index (χ0v) is 11.0. The Labute approximate surface area is 110 Å². The lowest BCUT2D eigenvalue weighted by atomic mass is 10.0. The Morgan fingerprint density at radius 1 is 1.53 bits per heavy atom. The van der Waals surface area contributed by atoms with E-state index in [-0.39, 0.29) is 11.7 Å². The van der Waals surface area contributed by atoms with E-state index < -0.39 is 5.97 Å². The average Bonchev–Trinajstić information content (AvgIpc) is 2.93. The van der Waals surface area contributed by atoms with E-state index in [9.17, 15) is 9.90 Å². The molecule has 0 spiro atoms. The fourth-order valence-corrected chi connectivity index (χ4v) is 2.77. The molecule has 19 heavy (non-hydrogen) atoms. The maximum absolute atomic E-state index is 11.3. The van der Waals surface area contributed by atoms with Crippen LogP contribution in [0.4, 0.5) is 0 Å². The highest BCUT2D eigenvalue weighted by Gasteiger charge is 2.29. The highest BCUT2D eigenvalue weighted by molar-refractivity contribution is 5.87. The molecule has 0 saturated carbocycles. The number of aromatic nitrogens is 2. The van der Waals surface area contributed by atoms with Crippen molar-refractivity contribution >= 4 is 5.97 Å². The van der Waals surface area contributed by atoms with Gasteiger partial charge in [0, 0.05) is 6.04 Å². The first-order chi connectivity index (χ1) is 9.08. The summed E-state index contributed by atoms with van der Waals surface area (Å²) in [5.41, 5.74) is 0.978. The lowest BCUT2D eigenvalue weighted by molar-refractivity contribution is 0.0689. The standard InChI is InChI=1S/C14H16N2O3/c1-8-4-3-5-10-12(14(17)18)15-13(16(8)10)11-7-6-9(2)19-11/h6-8H,3-5H2,1-2H3,(H,17,18). The van der Waals surface area contributed by atoms with Gasteiger partial charge >= 0.3 is 5.97 Å². The maximum Gasteiger partial charge on any atom is 0.356 e. The van der Waals surface area contributed by atoms with E-state index in [2.05, 4.69) is 11.9 Å². The number of hydrogen-bond donors (Lipinski definition) is 1. The Bertz CT molecular complexity index is 639. The van der Waals surface area contributed by atoms with Crippen LogP contribution in [0.5, 0.6) is 0 Å². The summed E-state index contributed by atoms with van der Waals surface area (Å²) in [4.78, 5) is 15.6. The molecule has 1 aliphatic rings. The van der Waals surface area contributed by atoms with Crippen molar-refractivity contribution in [2.24, 2.45) is 0 Å². The van der Waals surface area contributed by atoms with Crippen LogP contribution < -0.4 is 0 Å². The zero-order chi connectivity index (χ0) is 13.6. The summed E-state index contributed by atoms with van der Waals surface area (Å²) in [6.07, 6.45) is 2.80. The van der Waals surface area contributed by atoms with E-state index in [1.54, 1.807) is 0 Å². The van der Waals surface area contributed by atoms with Gasteiger partial charge < -0.3 is 14.1 Å². The number of fused-ring (bicyclic) bond motifs is 1. The first-order valence-corrected chi connectivity index (χ1v) is 6.49. The summed E-state index contributed by atoms with van der Waals surface area (Å²) < 4.78 is 7.62. The Morgan fingerprint density at radius 3 is 2.95 bits per heavy atom. The Hall–Kier alpha value is -2.04. The number of aromatic carboxylic acids is 1. The van der Waals surface area contributed by atoms with E-state index in [4.69, 9.17) is 4.42 Å². The molecule has 0 fully saturated rings. The first-order valence-electron chi connectivity index (χ1n) is 6.49. The number of rotatable bonds is 2. The normalized spacial score (nSPS) is 18.3. The molecule has 0 aliphatic carbocycles. The van der Waals surface area contributed by atoms with E-state index in [1.807, 2.05) is 23.6 Å². The van der Waals surface area contributed by atoms with Crippen molar-refractivity contribution in [2.75, 3.05) is 0 Å². The Morgan fingerprint density at radius 2 is 2.32 bits per heavy atom. The van der Waals surface area contributed by atoms with Gasteiger partial charge in [-0.3, -0.25) is 0 Å². The summed E-state index contributed by atoms with van der Waals surface area (Å²) in [7, 11) is 0. The van der Waals surface area contributed by atoms with Crippen LogP contribution in [-0.2, 0) is 6.42 Å². The van der Waals surface area contributed by atoms with E-state index in [1.165, 1.54) is 0 Å². The average molecular weight is 260 g/mol. The Kier molecular flexibility index (Phi) is 2.69. The molecule has 1 unspecified atom stereocenters. The smallest absolute Gasteiger partial charge is 0.356 e. The van der Waals surface area contributed by atoms with Crippen molar-refractivity contribution in [3.8, 4) is 11.6 Å². The van der Waals surface area contributed by atoms with E-state index in [0.717, 1.165) is 30.7 Å². The first kappa shape index (κ1) is 12.0. The fraction of sp³-hybridized carbons (Fsp3) is 0.429. The summed E-state index contributed by atoms with van der Waals surface area (Å²) >= 11 is 0. The van der Waals surface area contributed by atoms with Crippen LogP contribution in [0, 0.1) is 6.92 Å². The minimum atomic E-state index is -0.965. The summed E-state index contributed by atoms with van der Waals surface area (Å²) in [5.74, 6) is 1.10. The molecule has 1 aliphatic heterocycles. The minimum Gasteiger partial charge on any atom is -0.476 e. The summed E-state index contributed by atoms with van der Waals surface area (Å²) in [6, 6.07) is 3.97. The molecule has 0 bridgehead atoms. The number of furan rings is 1. The van der Waals surface area contributed by atoms with Gasteiger partial charge in [0.1, 0.15) is 5.76 Å². The van der Waals surface area contributed by atoms with Gasteiger partial charge in [0.15, 0.2) is 17.3 Å². The molecule has 0 saturated heterocycles. The summed E-state index contributed by atoms with van der Waals surface area (Å²) in [5, 5.41) is 9.29. The Balaban J connectivity index is 2.22. The second-order valence-corrected chi connectivity index (χ2v) is 5.06. The minimum absolute atomic E-state index is 0.163. The quantitative estimate of drug-likeness (QED) is 0.901. The molecule has 100 valence electrons. The topological polar surface area (TPSA) is 68.3 Å². The number of carbonyl (C=O) groups is 1. The van der Waals surface area contributed by atoms with Crippen molar-refractivity contribution in [2.45, 2.75) is 39.2 Å². The van der Waals surface area contributed by atoms with Crippen molar-refractivity contribution < 1.29 is 14.3 Å². The highest BCUT2D eigenvalue weighted by atomic mass is 16.4. The fourth-order valence-electron chi connectivity index (χ4n) is 2.77. The van der Waals surface area contributed by atoms with Crippen LogP contribution >= 0.6 is 0 Å². The molecule has 3 heterocycles. The van der Waals surface area contributed by atoms with E-state index >= 15 is 0 Å². The van der Waals surface area contributed by atoms with Gasteiger partial charge in [0.25, 0.3) is 0 Å². The van der Waals surface area contributed by atoms with Crippen molar-refractivity contribution in [3.05, 3.63) is 29.3 Å². The molecule has 1 atom stereocenters. The van der Waals surface area contributed by atoms with Gasteiger partial charge in [-0.15, -0.1) is 0 Å². The second kappa shape index (κ2) is 4.26. The van der Waals surface area contributed by atoms with Crippen LogP contribution in [-0.4, -0.2) is 20.6 Å². The zero-order valence-electron chi connectivity index (χ0n) is 11.0. The van der Waals surface area contributed by atoms with Gasteiger partial charge in [0.05, 0.1) is 5.69 Å². The predicted octanol–water partition coefficient (Wildman–Crippen LogP) is 3.05. The lowest BCUT2D eigenvalue weighted by Gasteiger charge is -2.23. The van der Waals surface area contributed by atoms with Crippen LogP contribution in [0.3, 0.4) is 0 Å². The number of nitrogens with zero attached hydrogens (tertiary/aromatic N) is 2. The highest BCUT2D eigenvalue weighted by Crippen LogP contribution is 2.33. The van der Waals surface area contributed by atoms with Crippen molar-refractivity contribution in [1.29, 1.82) is 0 Å². The molecule has 2 aromatic rings. The van der Waals surface area contributed by atoms with Gasteiger partial charge in [-0.1, -0.05) is 0 Å². The number of imidazole rings is 1. The third kappa shape index (κ3) is 1.85. The van der Waals surface area contributed by atoms with Crippen LogP contribution in [0.15, 0.2) is 16.5 Å². The SMILES string of the molecule is Cc1ccc(-c2nc(C(=O)O)c3n2C(C)CCC3)o1. The van der Waals surface area contributed by atoms with Crippen LogP contribution in [0.2, 0.25) is 0 Å². The summed E-state index contributed by atoms with van der Waals surface area (Å²) in [6.45, 7) is 3.96. The van der Waals surface area contributed by atoms with Gasteiger partial charge in [-0.25, -0.2) is 9.78 Å². The van der Waals surface area contributed by atoms with Gasteiger partial charge in [-0.2, -0.15) is 0 Å². The molecular weight excluding hydrogens is 244 g/mol. The predicted molar refractivity (Wildman–Crippen MR) is 69.3 cm³/mol. The molecule has 3 rings (SSSR count). The molecule has 0 amide bonds. The third-order valence-corrected chi connectivity index (χ3v) is 3.65. The third-order valence-electron chi connectivity index (χ3n) is 3.65. The van der Waals surface area contributed by atoms with Gasteiger partial charge in [-0.05, 0) is 45.2 Å². The molecule has 1 N–H and O–H groups in total. The largest absolute Gasteiger partial charge is 0.476 e. The molecule has 5 heteroatoms. The molecule has 5 nitrogen and oxygen atoms in total. The number of aryl methyl sites for hydroxylation is 1. The van der Waals surface area contributed by atoms with Crippen molar-refractivity contribution in [1.82, 2.24) is 9.55 Å². The monoisotopic (exact) mass is 260 g/mol. The maximum atomic E-state index is 11.3. The number of carboxylic acids is 1. The molecule has 2 aromatic heterocycles. The molecule has 0 aromatic carbocycles. The van der Waals surface area contributed by atoms with Crippen LogP contribution in [0.25, 0.3) is 11.6 Å². The van der Waals surface area contributed by atoms with E-state index in [0.29, 0.717) is 11.6 Å². The molecule has 0 radical (unpaired) electrons. The number of hydrogen-bond acceptors (Lipinski definition) is 3. The van der Waals surface area contributed by atoms with Crippen molar-refractivity contribution in [3.63, 3.8) is 0 Å². The number of carboxylic acid groups (broad SMARTS) is 1.